The van der Waals surface area contributed by atoms with Crippen LogP contribution in [0.25, 0.3) is 0 Å². The third-order valence-electron chi connectivity index (χ3n) is 3.52. The molecular weight excluding hydrogens is 244 g/mol. The minimum atomic E-state index is 0.189. The monoisotopic (exact) mass is 266 g/mol. The van der Waals surface area contributed by atoms with Gasteiger partial charge in [0.2, 0.25) is 0 Å². The number of rotatable bonds is 4. The maximum absolute atomic E-state index is 6.36. The fraction of sp³-hybridized carbons (Fsp3) is 0.600. The van der Waals surface area contributed by atoms with Crippen molar-refractivity contribution in [1.29, 1.82) is 0 Å². The molecule has 2 rings (SSSR count). The minimum absolute atomic E-state index is 0.189. The molecule has 1 saturated heterocycles. The first-order chi connectivity index (χ1) is 8.65. The third kappa shape index (κ3) is 3.98. The summed E-state index contributed by atoms with van der Waals surface area (Å²) in [6, 6.07) is 6.59. The number of hydrogen-bond acceptors (Lipinski definition) is 2. The molecule has 0 bridgehead atoms. The molecule has 1 atom stereocenters. The molecule has 100 valence electrons. The van der Waals surface area contributed by atoms with Crippen LogP contribution in [0.15, 0.2) is 18.2 Å². The number of benzene rings is 1. The Morgan fingerprint density at radius 2 is 2.00 bits per heavy atom. The molecule has 0 aliphatic carbocycles. The van der Waals surface area contributed by atoms with E-state index in [9.17, 15) is 0 Å². The van der Waals surface area contributed by atoms with Gasteiger partial charge in [-0.3, -0.25) is 4.90 Å². The first-order valence-electron chi connectivity index (χ1n) is 6.90. The Morgan fingerprint density at radius 1 is 1.28 bits per heavy atom. The molecule has 1 aromatic rings. The summed E-state index contributed by atoms with van der Waals surface area (Å²) in [6.07, 6.45) is 4.90. The number of likely N-dealkylation sites (tertiary alicyclic amines) is 1. The van der Waals surface area contributed by atoms with Gasteiger partial charge in [-0.25, -0.2) is 0 Å². The molecule has 1 unspecified atom stereocenters. The van der Waals surface area contributed by atoms with Gasteiger partial charge in [0.25, 0.3) is 0 Å². The second-order valence-electron chi connectivity index (χ2n) is 5.44. The molecule has 0 aromatic heterocycles. The standard InChI is InChI=1S/C15H23ClN2/c1-12(17)9-13-5-6-14(15(16)10-13)11-18-7-3-2-4-8-18/h5-6,10,12H,2-4,7-9,11,17H2,1H3. The molecule has 18 heavy (non-hydrogen) atoms. The zero-order valence-corrected chi connectivity index (χ0v) is 11.9. The molecule has 1 heterocycles. The normalized spacial score (nSPS) is 18.8. The van der Waals surface area contributed by atoms with Gasteiger partial charge in [0.1, 0.15) is 0 Å². The Labute approximate surface area is 115 Å². The maximum atomic E-state index is 6.36. The molecule has 1 aromatic carbocycles. The van der Waals surface area contributed by atoms with Crippen LogP contribution >= 0.6 is 11.6 Å². The molecule has 2 nitrogen and oxygen atoms in total. The van der Waals surface area contributed by atoms with Gasteiger partial charge >= 0.3 is 0 Å². The average molecular weight is 267 g/mol. The van der Waals surface area contributed by atoms with Crippen molar-refractivity contribution in [3.63, 3.8) is 0 Å². The van der Waals surface area contributed by atoms with Crippen LogP contribution in [0, 0.1) is 0 Å². The number of halogens is 1. The Bertz CT molecular complexity index is 384. The van der Waals surface area contributed by atoms with E-state index in [-0.39, 0.29) is 6.04 Å². The Balaban J connectivity index is 2.00. The summed E-state index contributed by atoms with van der Waals surface area (Å²) >= 11 is 6.36. The van der Waals surface area contributed by atoms with Crippen LogP contribution in [0.3, 0.4) is 0 Å². The Morgan fingerprint density at radius 3 is 2.61 bits per heavy atom. The zero-order chi connectivity index (χ0) is 13.0. The summed E-state index contributed by atoms with van der Waals surface area (Å²) in [5, 5.41) is 0.888. The van der Waals surface area contributed by atoms with E-state index in [0.29, 0.717) is 0 Å². The van der Waals surface area contributed by atoms with Crippen molar-refractivity contribution in [3.05, 3.63) is 34.3 Å². The first-order valence-corrected chi connectivity index (χ1v) is 7.28. The molecular formula is C15H23ClN2. The van der Waals surface area contributed by atoms with Crippen LogP contribution < -0.4 is 5.73 Å². The van der Waals surface area contributed by atoms with Gasteiger partial charge in [0.05, 0.1) is 0 Å². The molecule has 2 N–H and O–H groups in total. The predicted molar refractivity (Wildman–Crippen MR) is 77.9 cm³/mol. The zero-order valence-electron chi connectivity index (χ0n) is 11.2. The lowest BCUT2D eigenvalue weighted by molar-refractivity contribution is 0.221. The van der Waals surface area contributed by atoms with E-state index in [1.807, 2.05) is 6.92 Å². The van der Waals surface area contributed by atoms with Crippen molar-refractivity contribution in [2.45, 2.75) is 45.2 Å². The van der Waals surface area contributed by atoms with Crippen molar-refractivity contribution in [2.75, 3.05) is 13.1 Å². The van der Waals surface area contributed by atoms with E-state index in [1.54, 1.807) is 0 Å². The van der Waals surface area contributed by atoms with E-state index in [2.05, 4.69) is 23.1 Å². The van der Waals surface area contributed by atoms with Crippen molar-refractivity contribution in [3.8, 4) is 0 Å². The van der Waals surface area contributed by atoms with E-state index in [0.717, 1.165) is 18.0 Å². The van der Waals surface area contributed by atoms with Crippen molar-refractivity contribution < 1.29 is 0 Å². The lowest BCUT2D eigenvalue weighted by Crippen LogP contribution is -2.29. The van der Waals surface area contributed by atoms with Crippen molar-refractivity contribution in [2.24, 2.45) is 5.73 Å². The van der Waals surface area contributed by atoms with Crippen LogP contribution in [-0.4, -0.2) is 24.0 Å². The Hall–Kier alpha value is -0.570. The molecule has 0 saturated carbocycles. The van der Waals surface area contributed by atoms with Crippen LogP contribution in [-0.2, 0) is 13.0 Å². The van der Waals surface area contributed by atoms with Crippen molar-refractivity contribution in [1.82, 2.24) is 4.90 Å². The highest BCUT2D eigenvalue weighted by Crippen LogP contribution is 2.22. The largest absolute Gasteiger partial charge is 0.328 e. The molecule has 1 aliphatic heterocycles. The fourth-order valence-corrected chi connectivity index (χ4v) is 2.84. The van der Waals surface area contributed by atoms with Gasteiger partial charge < -0.3 is 5.73 Å². The molecule has 1 fully saturated rings. The predicted octanol–water partition coefficient (Wildman–Crippen LogP) is 3.22. The summed E-state index contributed by atoms with van der Waals surface area (Å²) in [6.45, 7) is 5.42. The van der Waals surface area contributed by atoms with Gasteiger partial charge in [-0.2, -0.15) is 0 Å². The minimum Gasteiger partial charge on any atom is -0.328 e. The van der Waals surface area contributed by atoms with Gasteiger partial charge in [-0.1, -0.05) is 30.2 Å². The van der Waals surface area contributed by atoms with Gasteiger partial charge in [-0.05, 0) is 56.5 Å². The highest BCUT2D eigenvalue weighted by molar-refractivity contribution is 6.31. The van der Waals surface area contributed by atoms with E-state index >= 15 is 0 Å². The molecule has 0 amide bonds. The van der Waals surface area contributed by atoms with E-state index in [4.69, 9.17) is 17.3 Å². The molecule has 1 aliphatic rings. The summed E-state index contributed by atoms with van der Waals surface area (Å²) < 4.78 is 0. The summed E-state index contributed by atoms with van der Waals surface area (Å²) in [4.78, 5) is 2.50. The van der Waals surface area contributed by atoms with E-state index < -0.39 is 0 Å². The van der Waals surface area contributed by atoms with E-state index in [1.165, 1.54) is 43.5 Å². The second kappa shape index (κ2) is 6.55. The highest BCUT2D eigenvalue weighted by atomic mass is 35.5. The third-order valence-corrected chi connectivity index (χ3v) is 3.87. The lowest BCUT2D eigenvalue weighted by Gasteiger charge is -2.26. The summed E-state index contributed by atoms with van der Waals surface area (Å²) in [5.74, 6) is 0. The Kier molecular flexibility index (Phi) is 5.04. The molecule has 0 spiro atoms. The number of piperidine rings is 1. The number of nitrogens with zero attached hydrogens (tertiary/aromatic N) is 1. The quantitative estimate of drug-likeness (QED) is 0.907. The maximum Gasteiger partial charge on any atom is 0.0453 e. The van der Waals surface area contributed by atoms with Crippen LogP contribution in [0.1, 0.15) is 37.3 Å². The van der Waals surface area contributed by atoms with Crippen LogP contribution in [0.5, 0.6) is 0 Å². The second-order valence-corrected chi connectivity index (χ2v) is 5.85. The van der Waals surface area contributed by atoms with Gasteiger partial charge in [-0.15, -0.1) is 0 Å². The average Bonchev–Trinajstić information content (AvgIpc) is 2.33. The van der Waals surface area contributed by atoms with Crippen LogP contribution in [0.2, 0.25) is 5.02 Å². The van der Waals surface area contributed by atoms with Crippen molar-refractivity contribution >= 4 is 11.6 Å². The molecule has 0 radical (unpaired) electrons. The highest BCUT2D eigenvalue weighted by Gasteiger charge is 2.12. The smallest absolute Gasteiger partial charge is 0.0453 e. The topological polar surface area (TPSA) is 29.3 Å². The van der Waals surface area contributed by atoms with Gasteiger partial charge in [0.15, 0.2) is 0 Å². The summed E-state index contributed by atoms with van der Waals surface area (Å²) in [5.41, 5.74) is 8.29. The van der Waals surface area contributed by atoms with Crippen LogP contribution in [0.4, 0.5) is 0 Å². The molecule has 3 heteroatoms. The number of nitrogens with two attached hydrogens (primary N) is 1. The first kappa shape index (κ1) is 13.9. The van der Waals surface area contributed by atoms with Gasteiger partial charge in [0, 0.05) is 17.6 Å². The lowest BCUT2D eigenvalue weighted by atomic mass is 10.0. The summed E-state index contributed by atoms with van der Waals surface area (Å²) in [7, 11) is 0. The SMILES string of the molecule is CC(N)Cc1ccc(CN2CCCCC2)c(Cl)c1. The number of hydrogen-bond donors (Lipinski definition) is 1. The fourth-order valence-electron chi connectivity index (χ4n) is 2.58.